The zero-order valence-electron chi connectivity index (χ0n) is 15.0. The fourth-order valence-corrected chi connectivity index (χ4v) is 2.67. The minimum atomic E-state index is -0.491. The molecular weight excluding hydrogens is 351 g/mol. The zero-order valence-corrected chi connectivity index (χ0v) is 15.0. The normalized spacial score (nSPS) is 12.6. The van der Waals surface area contributed by atoms with Gasteiger partial charge >= 0.3 is 0 Å². The maximum atomic E-state index is 13.0. The molecule has 0 amide bonds. The van der Waals surface area contributed by atoms with Crippen LogP contribution in [0.15, 0.2) is 45.5 Å². The van der Waals surface area contributed by atoms with Crippen molar-refractivity contribution in [3.8, 4) is 17.2 Å². The van der Waals surface area contributed by atoms with Gasteiger partial charge in [0.05, 0.1) is 16.6 Å². The molecule has 138 valence electrons. The second-order valence-electron chi connectivity index (χ2n) is 6.46. The molecule has 7 nitrogen and oxygen atoms in total. The summed E-state index contributed by atoms with van der Waals surface area (Å²) in [4.78, 5) is 4.27. The van der Waals surface area contributed by atoms with Crippen molar-refractivity contribution >= 4 is 11.1 Å². The number of hydrogen-bond donors (Lipinski definition) is 0. The van der Waals surface area contributed by atoms with Gasteiger partial charge in [0.15, 0.2) is 6.10 Å². The summed E-state index contributed by atoms with van der Waals surface area (Å²) in [6.07, 6.45) is 1.11. The molecule has 4 aromatic rings. The molecule has 0 radical (unpaired) electrons. The summed E-state index contributed by atoms with van der Waals surface area (Å²) < 4.78 is 29.7. The third-order valence-electron chi connectivity index (χ3n) is 4.07. The number of rotatable bonds is 5. The van der Waals surface area contributed by atoms with Crippen molar-refractivity contribution in [2.45, 2.75) is 32.8 Å². The van der Waals surface area contributed by atoms with E-state index in [-0.39, 0.29) is 11.7 Å². The van der Waals surface area contributed by atoms with Gasteiger partial charge in [-0.2, -0.15) is 0 Å². The van der Waals surface area contributed by atoms with Crippen molar-refractivity contribution in [2.24, 2.45) is 0 Å². The van der Waals surface area contributed by atoms with Crippen LogP contribution in [0.3, 0.4) is 0 Å². The first-order valence-electron chi connectivity index (χ1n) is 8.52. The van der Waals surface area contributed by atoms with E-state index in [0.717, 1.165) is 11.1 Å². The molecule has 0 aliphatic carbocycles. The lowest BCUT2D eigenvalue weighted by atomic mass is 10.1. The first-order valence-corrected chi connectivity index (χ1v) is 8.52. The predicted octanol–water partition coefficient (Wildman–Crippen LogP) is 4.68. The molecule has 0 aliphatic heterocycles. The Hall–Kier alpha value is -3.29. The van der Waals surface area contributed by atoms with E-state index < -0.39 is 6.10 Å². The maximum Gasteiger partial charge on any atom is 0.257 e. The standard InChI is InChI=1S/C19H17FN4O3/c1-10(2)16-15-8-12(9-21-19(15)27-24-16)18-23-22-17(26-18)11(3)25-14-6-4-13(20)5-7-14/h4-11H,1-3H3/t11-/m0/s1. The molecule has 27 heavy (non-hydrogen) atoms. The fraction of sp³-hybridized carbons (Fsp3) is 0.263. The lowest BCUT2D eigenvalue weighted by Gasteiger charge is -2.10. The minimum absolute atomic E-state index is 0.200. The highest BCUT2D eigenvalue weighted by Gasteiger charge is 2.19. The molecule has 0 fully saturated rings. The highest BCUT2D eigenvalue weighted by Crippen LogP contribution is 2.29. The maximum absolute atomic E-state index is 13.0. The van der Waals surface area contributed by atoms with Gasteiger partial charge in [-0.25, -0.2) is 9.37 Å². The Morgan fingerprint density at radius 3 is 2.59 bits per heavy atom. The molecule has 0 aliphatic rings. The molecule has 4 rings (SSSR count). The first kappa shape index (κ1) is 17.1. The Labute approximate surface area is 154 Å². The van der Waals surface area contributed by atoms with E-state index >= 15 is 0 Å². The largest absolute Gasteiger partial charge is 0.481 e. The summed E-state index contributed by atoms with van der Waals surface area (Å²) in [5.74, 6) is 1.02. The average molecular weight is 368 g/mol. The summed E-state index contributed by atoms with van der Waals surface area (Å²) >= 11 is 0. The monoisotopic (exact) mass is 368 g/mol. The van der Waals surface area contributed by atoms with Crippen molar-refractivity contribution in [3.63, 3.8) is 0 Å². The quantitative estimate of drug-likeness (QED) is 0.505. The van der Waals surface area contributed by atoms with Crippen LogP contribution in [-0.4, -0.2) is 20.3 Å². The van der Waals surface area contributed by atoms with Crippen molar-refractivity contribution in [1.82, 2.24) is 20.3 Å². The topological polar surface area (TPSA) is 87.1 Å². The van der Waals surface area contributed by atoms with Gasteiger partial charge in [-0.15, -0.1) is 10.2 Å². The van der Waals surface area contributed by atoms with Crippen LogP contribution in [0.2, 0.25) is 0 Å². The average Bonchev–Trinajstić information content (AvgIpc) is 3.30. The number of nitrogens with zero attached hydrogens (tertiary/aromatic N) is 4. The second-order valence-corrected chi connectivity index (χ2v) is 6.46. The molecule has 3 aromatic heterocycles. The Bertz CT molecular complexity index is 1070. The van der Waals surface area contributed by atoms with E-state index in [4.69, 9.17) is 13.7 Å². The van der Waals surface area contributed by atoms with Crippen LogP contribution >= 0.6 is 0 Å². The van der Waals surface area contributed by atoms with Crippen LogP contribution in [-0.2, 0) is 0 Å². The van der Waals surface area contributed by atoms with Crippen LogP contribution in [0.5, 0.6) is 5.75 Å². The van der Waals surface area contributed by atoms with Crippen LogP contribution in [0.25, 0.3) is 22.6 Å². The molecule has 1 atom stereocenters. The molecular formula is C19H17FN4O3. The van der Waals surface area contributed by atoms with Gasteiger partial charge < -0.3 is 13.7 Å². The van der Waals surface area contributed by atoms with Crippen molar-refractivity contribution < 1.29 is 18.1 Å². The Kier molecular flexibility index (Phi) is 4.31. The highest BCUT2D eigenvalue weighted by molar-refractivity contribution is 5.80. The van der Waals surface area contributed by atoms with Crippen LogP contribution in [0.1, 0.15) is 44.4 Å². The summed E-state index contributed by atoms with van der Waals surface area (Å²) in [6, 6.07) is 7.61. The molecule has 0 saturated carbocycles. The number of aromatic nitrogens is 4. The summed E-state index contributed by atoms with van der Waals surface area (Å²) in [7, 11) is 0. The zero-order chi connectivity index (χ0) is 19.0. The molecule has 0 saturated heterocycles. The van der Waals surface area contributed by atoms with Crippen molar-refractivity contribution in [2.75, 3.05) is 0 Å². The highest BCUT2D eigenvalue weighted by atomic mass is 19.1. The van der Waals surface area contributed by atoms with Gasteiger partial charge in [-0.05, 0) is 43.2 Å². The molecule has 0 bridgehead atoms. The Balaban J connectivity index is 1.59. The van der Waals surface area contributed by atoms with Gasteiger partial charge in [0.2, 0.25) is 5.89 Å². The third-order valence-corrected chi connectivity index (χ3v) is 4.07. The predicted molar refractivity (Wildman–Crippen MR) is 94.6 cm³/mol. The Morgan fingerprint density at radius 2 is 1.85 bits per heavy atom. The summed E-state index contributed by atoms with van der Waals surface area (Å²) in [6.45, 7) is 5.84. The minimum Gasteiger partial charge on any atom is -0.481 e. The van der Waals surface area contributed by atoms with Gasteiger partial charge in [0.1, 0.15) is 11.6 Å². The number of halogens is 1. The molecule has 3 heterocycles. The lowest BCUT2D eigenvalue weighted by Crippen LogP contribution is -2.03. The number of fused-ring (bicyclic) bond motifs is 1. The van der Waals surface area contributed by atoms with E-state index in [1.54, 1.807) is 25.3 Å². The molecule has 0 N–H and O–H groups in total. The van der Waals surface area contributed by atoms with Crippen LogP contribution in [0.4, 0.5) is 4.39 Å². The van der Waals surface area contributed by atoms with E-state index in [0.29, 0.717) is 28.8 Å². The van der Waals surface area contributed by atoms with Crippen LogP contribution < -0.4 is 4.74 Å². The number of hydrogen-bond acceptors (Lipinski definition) is 7. The molecule has 1 aromatic carbocycles. The number of pyridine rings is 1. The lowest BCUT2D eigenvalue weighted by molar-refractivity contribution is 0.189. The van der Waals surface area contributed by atoms with Crippen molar-refractivity contribution in [3.05, 3.63) is 53.9 Å². The molecule has 8 heteroatoms. The second kappa shape index (κ2) is 6.79. The first-order chi connectivity index (χ1) is 13.0. The van der Waals surface area contributed by atoms with Gasteiger partial charge in [0.25, 0.3) is 11.6 Å². The SMILES string of the molecule is CC(C)c1noc2ncc(-c3nnc([C@H](C)Oc4ccc(F)cc4)o3)cc12. The van der Waals surface area contributed by atoms with Gasteiger partial charge in [0, 0.05) is 6.20 Å². The smallest absolute Gasteiger partial charge is 0.257 e. The van der Waals surface area contributed by atoms with Crippen molar-refractivity contribution in [1.29, 1.82) is 0 Å². The summed E-state index contributed by atoms with van der Waals surface area (Å²) in [5.41, 5.74) is 1.96. The Morgan fingerprint density at radius 1 is 1.07 bits per heavy atom. The number of benzene rings is 1. The number of ether oxygens (including phenoxy) is 1. The molecule has 0 unspecified atom stereocenters. The van der Waals surface area contributed by atoms with Gasteiger partial charge in [-0.3, -0.25) is 0 Å². The van der Waals surface area contributed by atoms with Crippen LogP contribution in [0, 0.1) is 5.82 Å². The van der Waals surface area contributed by atoms with E-state index in [9.17, 15) is 4.39 Å². The fourth-order valence-electron chi connectivity index (χ4n) is 2.67. The van der Waals surface area contributed by atoms with E-state index in [1.807, 2.05) is 19.9 Å². The van der Waals surface area contributed by atoms with E-state index in [2.05, 4.69) is 20.3 Å². The van der Waals surface area contributed by atoms with E-state index in [1.165, 1.54) is 12.1 Å². The van der Waals surface area contributed by atoms with Gasteiger partial charge in [-0.1, -0.05) is 19.0 Å². The third kappa shape index (κ3) is 3.38. The molecule has 0 spiro atoms. The summed E-state index contributed by atoms with van der Waals surface area (Å²) in [5, 5.41) is 13.0.